The van der Waals surface area contributed by atoms with Crippen molar-refractivity contribution >= 4 is 23.6 Å². The number of hydrogen-bond donors (Lipinski definition) is 3. The number of aliphatic hydroxyl groups excluding tert-OH is 2. The number of nitriles is 1. The van der Waals surface area contributed by atoms with E-state index in [1.807, 2.05) is 50.4 Å². The van der Waals surface area contributed by atoms with Crippen molar-refractivity contribution in [3.8, 4) is 28.4 Å². The Hall–Kier alpha value is -5.04. The number of aliphatic carboxylic acids is 1. The number of carboxylic acid groups (broad SMARTS) is 1. The Morgan fingerprint density at radius 1 is 0.930 bits per heavy atom. The normalized spacial score (nSPS) is 12.7. The van der Waals surface area contributed by atoms with Crippen LogP contribution in [-0.4, -0.2) is 44.0 Å². The molecule has 4 rings (SSSR count). The number of para-hydroxylation sites is 1. The van der Waals surface area contributed by atoms with Gasteiger partial charge in [0.2, 0.25) is 0 Å². The summed E-state index contributed by atoms with van der Waals surface area (Å²) >= 11 is 0. The van der Waals surface area contributed by atoms with E-state index in [-0.39, 0.29) is 18.2 Å². The summed E-state index contributed by atoms with van der Waals surface area (Å²) in [6.07, 6.45) is 1.84. The summed E-state index contributed by atoms with van der Waals surface area (Å²) in [6.45, 7) is 3.76. The quantitative estimate of drug-likeness (QED) is 0.142. The highest BCUT2D eigenvalue weighted by Gasteiger charge is 2.32. The first-order valence-corrected chi connectivity index (χ1v) is 13.8. The first kappa shape index (κ1) is 30.9. The van der Waals surface area contributed by atoms with Gasteiger partial charge in [-0.1, -0.05) is 66.7 Å². The van der Waals surface area contributed by atoms with Crippen LogP contribution < -0.4 is 4.90 Å². The van der Waals surface area contributed by atoms with Gasteiger partial charge in [-0.15, -0.1) is 0 Å². The van der Waals surface area contributed by atoms with Crippen LogP contribution in [0.5, 0.6) is 0 Å². The fourth-order valence-electron chi connectivity index (χ4n) is 5.06. The average molecular weight is 582 g/mol. The number of halogens is 1. The van der Waals surface area contributed by atoms with E-state index in [0.717, 1.165) is 4.90 Å². The molecule has 0 saturated carbocycles. The molecule has 3 aromatic carbocycles. The number of aromatic nitrogens is 1. The number of hydrogen-bond acceptors (Lipinski definition) is 5. The maximum atomic E-state index is 14.4. The van der Waals surface area contributed by atoms with Crippen LogP contribution in [0.15, 0.2) is 91.0 Å². The van der Waals surface area contributed by atoms with Crippen LogP contribution in [0.25, 0.3) is 28.3 Å². The van der Waals surface area contributed by atoms with Crippen LogP contribution in [0, 0.1) is 17.3 Å². The second-order valence-corrected chi connectivity index (χ2v) is 10.3. The van der Waals surface area contributed by atoms with Crippen LogP contribution >= 0.6 is 0 Å². The molecule has 0 radical (unpaired) electrons. The maximum Gasteiger partial charge on any atom is 0.305 e. The number of aliphatic hydroxyl groups is 2. The van der Waals surface area contributed by atoms with E-state index in [4.69, 9.17) is 5.11 Å². The van der Waals surface area contributed by atoms with Crippen molar-refractivity contribution in [3.63, 3.8) is 0 Å². The third-order valence-electron chi connectivity index (χ3n) is 6.88. The predicted octanol–water partition coefficient (Wildman–Crippen LogP) is 6.27. The van der Waals surface area contributed by atoms with Crippen LogP contribution in [0.1, 0.15) is 48.9 Å². The van der Waals surface area contributed by atoms with Gasteiger partial charge >= 0.3 is 5.97 Å². The monoisotopic (exact) mass is 581 g/mol. The Kier molecular flexibility index (Phi) is 9.88. The Labute approximate surface area is 249 Å². The molecule has 0 spiro atoms. The zero-order valence-electron chi connectivity index (χ0n) is 23.8. The van der Waals surface area contributed by atoms with Gasteiger partial charge in [0.1, 0.15) is 11.5 Å². The Morgan fingerprint density at radius 3 is 2.07 bits per heavy atom. The number of carbonyl (C=O) groups is 2. The van der Waals surface area contributed by atoms with Crippen molar-refractivity contribution in [2.24, 2.45) is 0 Å². The second kappa shape index (κ2) is 13.7. The summed E-state index contributed by atoms with van der Waals surface area (Å²) in [7, 11) is 0. The van der Waals surface area contributed by atoms with Crippen LogP contribution in [0.4, 0.5) is 10.1 Å². The number of anilines is 1. The lowest BCUT2D eigenvalue weighted by Gasteiger charge is -2.20. The molecule has 3 N–H and O–H groups in total. The summed E-state index contributed by atoms with van der Waals surface area (Å²) in [5.41, 5.74) is 3.46. The minimum atomic E-state index is -1.27. The van der Waals surface area contributed by atoms with Crippen molar-refractivity contribution in [1.82, 2.24) is 4.57 Å². The van der Waals surface area contributed by atoms with Gasteiger partial charge in [0.05, 0.1) is 24.3 Å². The number of nitrogens with zero attached hydrogens (tertiary/aromatic N) is 3. The topological polar surface area (TPSA) is 127 Å². The van der Waals surface area contributed by atoms with E-state index in [1.54, 1.807) is 53.1 Å². The van der Waals surface area contributed by atoms with Crippen molar-refractivity contribution in [2.45, 2.75) is 44.9 Å². The summed E-state index contributed by atoms with van der Waals surface area (Å²) in [4.78, 5) is 26.4. The standard InChI is InChI=1S/C34H32FN3O5/c1-22(2)38-29(18-17-27(39)19-28(40)20-30(41)42)31(24-13-15-25(35)16-14-24)32(23-9-5-3-6-10-23)33(38)34(43)37(21-36)26-11-7-4-8-12-26/h3-18,22,27-28,39-40H,19-20H2,1-2H3,(H,41,42). The summed E-state index contributed by atoms with van der Waals surface area (Å²) in [5.74, 6) is -2.21. The van der Waals surface area contributed by atoms with Gasteiger partial charge < -0.3 is 19.9 Å². The van der Waals surface area contributed by atoms with E-state index in [2.05, 4.69) is 0 Å². The predicted molar refractivity (Wildman–Crippen MR) is 162 cm³/mol. The minimum Gasteiger partial charge on any atom is -0.481 e. The summed E-state index contributed by atoms with van der Waals surface area (Å²) in [5, 5.41) is 39.9. The first-order chi connectivity index (χ1) is 20.6. The largest absolute Gasteiger partial charge is 0.481 e. The molecule has 220 valence electrons. The molecule has 2 unspecified atom stereocenters. The molecule has 1 aromatic heterocycles. The highest BCUT2D eigenvalue weighted by Crippen LogP contribution is 2.43. The SMILES string of the molecule is CC(C)n1c(C=CC(O)CC(O)CC(=O)O)c(-c2ccc(F)cc2)c(-c2ccccc2)c1C(=O)N(C#N)c1ccccc1. The van der Waals surface area contributed by atoms with Gasteiger partial charge in [0.25, 0.3) is 5.91 Å². The fraction of sp³-hybridized carbons (Fsp3) is 0.206. The van der Waals surface area contributed by atoms with E-state index in [0.29, 0.717) is 33.6 Å². The lowest BCUT2D eigenvalue weighted by Crippen LogP contribution is -2.29. The molecule has 8 nitrogen and oxygen atoms in total. The third kappa shape index (κ3) is 7.07. The lowest BCUT2D eigenvalue weighted by molar-refractivity contribution is -0.139. The number of carboxylic acids is 1. The molecule has 0 saturated heterocycles. The summed E-state index contributed by atoms with van der Waals surface area (Å²) < 4.78 is 15.8. The van der Waals surface area contributed by atoms with Gasteiger partial charge in [0.15, 0.2) is 6.19 Å². The molecule has 43 heavy (non-hydrogen) atoms. The molecule has 9 heteroatoms. The number of rotatable bonds is 11. The molecule has 0 bridgehead atoms. The van der Waals surface area contributed by atoms with Gasteiger partial charge in [-0.05, 0) is 55.3 Å². The molecule has 0 aliphatic rings. The van der Waals surface area contributed by atoms with Gasteiger partial charge in [-0.25, -0.2) is 9.29 Å². The Bertz CT molecular complexity index is 1640. The molecular formula is C34H32FN3O5. The van der Waals surface area contributed by atoms with Crippen LogP contribution in [0.2, 0.25) is 0 Å². The Morgan fingerprint density at radius 2 is 1.51 bits per heavy atom. The zero-order valence-corrected chi connectivity index (χ0v) is 23.8. The van der Waals surface area contributed by atoms with Gasteiger partial charge in [-0.2, -0.15) is 5.26 Å². The molecule has 1 amide bonds. The van der Waals surface area contributed by atoms with E-state index in [9.17, 15) is 29.5 Å². The molecule has 0 aliphatic carbocycles. The minimum absolute atomic E-state index is 0.214. The van der Waals surface area contributed by atoms with Crippen molar-refractivity contribution in [2.75, 3.05) is 4.90 Å². The molecule has 4 aromatic rings. The molecule has 2 atom stereocenters. The van der Waals surface area contributed by atoms with E-state index >= 15 is 0 Å². The van der Waals surface area contributed by atoms with Crippen LogP contribution in [0.3, 0.4) is 0 Å². The lowest BCUT2D eigenvalue weighted by atomic mass is 9.94. The van der Waals surface area contributed by atoms with Gasteiger partial charge in [0, 0.05) is 29.3 Å². The summed E-state index contributed by atoms with van der Waals surface area (Å²) in [6, 6.07) is 23.2. The average Bonchev–Trinajstić information content (AvgIpc) is 3.33. The van der Waals surface area contributed by atoms with Crippen molar-refractivity contribution in [1.29, 1.82) is 5.26 Å². The van der Waals surface area contributed by atoms with E-state index < -0.39 is 36.3 Å². The highest BCUT2D eigenvalue weighted by molar-refractivity contribution is 6.14. The fourth-order valence-corrected chi connectivity index (χ4v) is 5.06. The van der Waals surface area contributed by atoms with Crippen molar-refractivity contribution < 1.29 is 29.3 Å². The Balaban J connectivity index is 2.02. The van der Waals surface area contributed by atoms with Gasteiger partial charge in [-0.3, -0.25) is 9.59 Å². The third-order valence-corrected chi connectivity index (χ3v) is 6.88. The van der Waals surface area contributed by atoms with Crippen LogP contribution in [-0.2, 0) is 4.79 Å². The smallest absolute Gasteiger partial charge is 0.305 e. The number of carbonyl (C=O) groups excluding carboxylic acids is 1. The number of amides is 1. The van der Waals surface area contributed by atoms with Crippen molar-refractivity contribution in [3.05, 3.63) is 108 Å². The molecular weight excluding hydrogens is 549 g/mol. The highest BCUT2D eigenvalue weighted by atomic mass is 19.1. The first-order valence-electron chi connectivity index (χ1n) is 13.8. The zero-order chi connectivity index (χ0) is 31.1. The van der Waals surface area contributed by atoms with E-state index in [1.165, 1.54) is 18.2 Å². The molecule has 0 aliphatic heterocycles. The maximum absolute atomic E-state index is 14.4. The number of benzene rings is 3. The molecule has 0 fully saturated rings. The molecule has 1 heterocycles. The second-order valence-electron chi connectivity index (χ2n) is 10.3.